The molecule has 3 aromatic rings. The van der Waals surface area contributed by atoms with Crippen LogP contribution in [-0.4, -0.2) is 39.6 Å². The van der Waals surface area contributed by atoms with Gasteiger partial charge in [-0.3, -0.25) is 9.59 Å². The summed E-state index contributed by atoms with van der Waals surface area (Å²) >= 11 is 7.76. The SMILES string of the molecule is CCCN(CC(=O)Nc1cc(C(C)(C)C)nn1-c1ccccc1Cl)C(=O)c1cccs1. The first-order valence-electron chi connectivity index (χ1n) is 10.2. The van der Waals surface area contributed by atoms with E-state index in [4.69, 9.17) is 16.7 Å². The minimum absolute atomic E-state index is 0.0386. The van der Waals surface area contributed by atoms with Gasteiger partial charge >= 0.3 is 0 Å². The van der Waals surface area contributed by atoms with Gasteiger partial charge in [0.15, 0.2) is 0 Å². The van der Waals surface area contributed by atoms with Gasteiger partial charge in [0.05, 0.1) is 21.3 Å². The molecule has 0 fully saturated rings. The van der Waals surface area contributed by atoms with Crippen molar-refractivity contribution in [1.29, 1.82) is 0 Å². The van der Waals surface area contributed by atoms with Gasteiger partial charge in [-0.1, -0.05) is 57.5 Å². The van der Waals surface area contributed by atoms with Gasteiger partial charge in [0, 0.05) is 18.0 Å². The van der Waals surface area contributed by atoms with Gasteiger partial charge in [-0.2, -0.15) is 5.10 Å². The zero-order chi connectivity index (χ0) is 22.6. The maximum atomic E-state index is 12.9. The fourth-order valence-corrected chi connectivity index (χ4v) is 3.98. The Kier molecular flexibility index (Phi) is 7.18. The summed E-state index contributed by atoms with van der Waals surface area (Å²) in [5.74, 6) is 0.0945. The second-order valence-electron chi connectivity index (χ2n) is 8.28. The number of thiophene rings is 1. The van der Waals surface area contributed by atoms with Crippen LogP contribution < -0.4 is 5.32 Å². The van der Waals surface area contributed by atoms with Crippen LogP contribution in [0, 0.1) is 0 Å². The molecule has 31 heavy (non-hydrogen) atoms. The van der Waals surface area contributed by atoms with Crippen molar-refractivity contribution in [3.8, 4) is 5.69 Å². The van der Waals surface area contributed by atoms with Crippen LogP contribution in [0.4, 0.5) is 5.82 Å². The quantitative estimate of drug-likeness (QED) is 0.517. The lowest BCUT2D eigenvalue weighted by Gasteiger charge is -2.21. The summed E-state index contributed by atoms with van der Waals surface area (Å²) < 4.78 is 1.64. The smallest absolute Gasteiger partial charge is 0.264 e. The molecule has 2 aromatic heterocycles. The number of benzene rings is 1. The zero-order valence-corrected chi connectivity index (χ0v) is 19.8. The van der Waals surface area contributed by atoms with E-state index in [1.165, 1.54) is 11.3 Å². The van der Waals surface area contributed by atoms with Crippen LogP contribution in [0.3, 0.4) is 0 Å². The molecular formula is C23H27ClN4O2S. The number of hydrogen-bond donors (Lipinski definition) is 1. The molecule has 0 saturated carbocycles. The van der Waals surface area contributed by atoms with E-state index in [2.05, 4.69) is 26.1 Å². The third-order valence-corrected chi connectivity index (χ3v) is 5.85. The number of amides is 2. The lowest BCUT2D eigenvalue weighted by Crippen LogP contribution is -2.38. The lowest BCUT2D eigenvalue weighted by atomic mass is 9.92. The van der Waals surface area contributed by atoms with E-state index in [0.29, 0.717) is 27.9 Å². The third-order valence-electron chi connectivity index (χ3n) is 4.67. The summed E-state index contributed by atoms with van der Waals surface area (Å²) in [7, 11) is 0. The maximum absolute atomic E-state index is 12.9. The Hall–Kier alpha value is -2.64. The fourth-order valence-electron chi connectivity index (χ4n) is 3.08. The number of nitrogens with zero attached hydrogens (tertiary/aromatic N) is 3. The largest absolute Gasteiger partial charge is 0.329 e. The molecule has 0 radical (unpaired) electrons. The lowest BCUT2D eigenvalue weighted by molar-refractivity contribution is -0.116. The van der Waals surface area contributed by atoms with E-state index >= 15 is 0 Å². The molecule has 0 aliphatic rings. The normalized spacial score (nSPS) is 11.4. The molecule has 1 N–H and O–H groups in total. The van der Waals surface area contributed by atoms with Crippen LogP contribution in [0.5, 0.6) is 0 Å². The van der Waals surface area contributed by atoms with Crippen molar-refractivity contribution in [2.45, 2.75) is 39.5 Å². The maximum Gasteiger partial charge on any atom is 0.264 e. The van der Waals surface area contributed by atoms with Crippen LogP contribution in [-0.2, 0) is 10.2 Å². The average molecular weight is 459 g/mol. The summed E-state index contributed by atoms with van der Waals surface area (Å²) in [6.45, 7) is 8.61. The van der Waals surface area contributed by atoms with Gasteiger partial charge in [0.2, 0.25) is 5.91 Å². The van der Waals surface area contributed by atoms with Crippen LogP contribution >= 0.6 is 22.9 Å². The van der Waals surface area contributed by atoms with Crippen molar-refractivity contribution in [2.75, 3.05) is 18.4 Å². The highest BCUT2D eigenvalue weighted by Crippen LogP contribution is 2.29. The molecule has 2 amide bonds. The minimum Gasteiger partial charge on any atom is -0.329 e. The van der Waals surface area contributed by atoms with Gasteiger partial charge in [-0.05, 0) is 30.0 Å². The van der Waals surface area contributed by atoms with Gasteiger partial charge in [-0.15, -0.1) is 11.3 Å². The number of hydrogen-bond acceptors (Lipinski definition) is 4. The molecule has 0 aliphatic carbocycles. The Balaban J connectivity index is 1.86. The Morgan fingerprint density at radius 3 is 2.55 bits per heavy atom. The van der Waals surface area contributed by atoms with E-state index < -0.39 is 0 Å². The number of halogens is 1. The molecule has 2 heterocycles. The number of rotatable bonds is 7. The monoisotopic (exact) mass is 458 g/mol. The molecule has 8 heteroatoms. The van der Waals surface area contributed by atoms with Crippen molar-refractivity contribution < 1.29 is 9.59 Å². The van der Waals surface area contributed by atoms with E-state index in [9.17, 15) is 9.59 Å². The molecule has 0 saturated heterocycles. The standard InChI is InChI=1S/C23H27ClN4O2S/c1-5-12-27(22(30)18-11-8-13-31-18)15-21(29)25-20-14-19(23(2,3)4)26-28(20)17-10-7-6-9-16(17)24/h6-11,13-14H,5,12,15H2,1-4H3,(H,25,29). The van der Waals surface area contributed by atoms with Gasteiger partial charge < -0.3 is 10.2 Å². The Bertz CT molecular complexity index is 1050. The van der Waals surface area contributed by atoms with Crippen molar-refractivity contribution in [3.63, 3.8) is 0 Å². The first-order chi connectivity index (χ1) is 14.7. The highest BCUT2D eigenvalue weighted by atomic mass is 35.5. The Morgan fingerprint density at radius 2 is 1.94 bits per heavy atom. The first-order valence-corrected chi connectivity index (χ1v) is 11.4. The molecule has 1 aromatic carbocycles. The molecule has 0 unspecified atom stereocenters. The minimum atomic E-state index is -0.285. The molecule has 0 atom stereocenters. The van der Waals surface area contributed by atoms with Gasteiger partial charge in [-0.25, -0.2) is 4.68 Å². The highest BCUT2D eigenvalue weighted by molar-refractivity contribution is 7.12. The predicted molar refractivity (Wildman–Crippen MR) is 126 cm³/mol. The summed E-state index contributed by atoms with van der Waals surface area (Å²) in [5, 5.41) is 10.0. The summed E-state index contributed by atoms with van der Waals surface area (Å²) in [5.41, 5.74) is 1.29. The average Bonchev–Trinajstić information content (AvgIpc) is 3.37. The highest BCUT2D eigenvalue weighted by Gasteiger charge is 2.24. The van der Waals surface area contributed by atoms with Crippen LogP contribution in [0.15, 0.2) is 47.8 Å². The molecule has 164 valence electrons. The number of carbonyl (C=O) groups is 2. The fraction of sp³-hybridized carbons (Fsp3) is 0.348. The van der Waals surface area contributed by atoms with E-state index in [-0.39, 0.29) is 23.8 Å². The molecule has 0 spiro atoms. The third kappa shape index (κ3) is 5.54. The number of aromatic nitrogens is 2. The Labute approximate surface area is 191 Å². The molecule has 0 bridgehead atoms. The number of nitrogens with one attached hydrogen (secondary N) is 1. The predicted octanol–water partition coefficient (Wildman–Crippen LogP) is 5.38. The van der Waals surface area contributed by atoms with Crippen molar-refractivity contribution in [1.82, 2.24) is 14.7 Å². The van der Waals surface area contributed by atoms with Crippen molar-refractivity contribution >= 4 is 40.6 Å². The van der Waals surface area contributed by atoms with E-state index in [1.807, 2.05) is 42.6 Å². The Morgan fingerprint density at radius 1 is 1.19 bits per heavy atom. The second kappa shape index (κ2) is 9.66. The number of carbonyl (C=O) groups excluding carboxylic acids is 2. The molecule has 0 aliphatic heterocycles. The van der Waals surface area contributed by atoms with E-state index in [1.54, 1.807) is 21.7 Å². The van der Waals surface area contributed by atoms with Crippen LogP contribution in [0.2, 0.25) is 5.02 Å². The number of anilines is 1. The van der Waals surface area contributed by atoms with Gasteiger partial charge in [0.25, 0.3) is 5.91 Å². The molecule has 3 rings (SSSR count). The summed E-state index contributed by atoms with van der Waals surface area (Å²) in [4.78, 5) is 27.9. The summed E-state index contributed by atoms with van der Waals surface area (Å²) in [6, 6.07) is 12.8. The van der Waals surface area contributed by atoms with Gasteiger partial charge in [0.1, 0.15) is 12.4 Å². The molecular weight excluding hydrogens is 432 g/mol. The van der Waals surface area contributed by atoms with Crippen LogP contribution in [0.1, 0.15) is 49.5 Å². The van der Waals surface area contributed by atoms with Crippen LogP contribution in [0.25, 0.3) is 5.69 Å². The van der Waals surface area contributed by atoms with Crippen molar-refractivity contribution in [3.05, 3.63) is 63.4 Å². The summed E-state index contributed by atoms with van der Waals surface area (Å²) in [6.07, 6.45) is 0.760. The number of para-hydroxylation sites is 1. The van der Waals surface area contributed by atoms with Crippen molar-refractivity contribution in [2.24, 2.45) is 0 Å². The molecule has 6 nitrogen and oxygen atoms in total. The second-order valence-corrected chi connectivity index (χ2v) is 9.64. The first kappa shape index (κ1) is 23.0. The topological polar surface area (TPSA) is 67.2 Å². The zero-order valence-electron chi connectivity index (χ0n) is 18.2. The van der Waals surface area contributed by atoms with E-state index in [0.717, 1.165) is 12.1 Å².